The first kappa shape index (κ1) is 15.3. The topological polar surface area (TPSA) is 135 Å². The Bertz CT molecular complexity index is 1080. The van der Waals surface area contributed by atoms with Gasteiger partial charge in [0.05, 0.1) is 11.4 Å². The predicted molar refractivity (Wildman–Crippen MR) is 99.9 cm³/mol. The first-order valence-corrected chi connectivity index (χ1v) is 8.45. The summed E-state index contributed by atoms with van der Waals surface area (Å²) in [5.41, 5.74) is 22.9. The summed E-state index contributed by atoms with van der Waals surface area (Å²) in [6.07, 6.45) is 0. The summed E-state index contributed by atoms with van der Waals surface area (Å²) in [7, 11) is 0. The van der Waals surface area contributed by atoms with E-state index in [1.165, 1.54) is 11.3 Å². The molecule has 9 heteroatoms. The first-order chi connectivity index (χ1) is 12.0. The van der Waals surface area contributed by atoms with Gasteiger partial charge in [-0.2, -0.15) is 4.98 Å². The Morgan fingerprint density at radius 1 is 1.12 bits per heavy atom. The zero-order valence-corrected chi connectivity index (χ0v) is 14.3. The Morgan fingerprint density at radius 2 is 1.96 bits per heavy atom. The maximum atomic E-state index is 5.90. The van der Waals surface area contributed by atoms with Crippen LogP contribution in [-0.4, -0.2) is 25.0 Å². The van der Waals surface area contributed by atoms with Crippen molar-refractivity contribution >= 4 is 39.8 Å². The molecule has 3 aromatic heterocycles. The number of hydrogen-bond acceptors (Lipinski definition) is 8. The van der Waals surface area contributed by atoms with Crippen molar-refractivity contribution in [3.63, 3.8) is 0 Å². The van der Waals surface area contributed by atoms with E-state index >= 15 is 0 Å². The minimum atomic E-state index is 0.173. The molecular weight excluding hydrogens is 336 g/mol. The third kappa shape index (κ3) is 2.74. The molecule has 3 heterocycles. The monoisotopic (exact) mass is 352 g/mol. The van der Waals surface area contributed by atoms with Crippen LogP contribution in [0.25, 0.3) is 21.7 Å². The van der Waals surface area contributed by atoms with E-state index in [4.69, 9.17) is 17.2 Å². The number of aryl methyl sites for hydroxylation is 1. The number of nitrogens with two attached hydrogens (primary N) is 3. The highest BCUT2D eigenvalue weighted by molar-refractivity contribution is 7.14. The Morgan fingerprint density at radius 3 is 2.68 bits per heavy atom. The van der Waals surface area contributed by atoms with Gasteiger partial charge in [-0.1, -0.05) is 17.3 Å². The van der Waals surface area contributed by atoms with E-state index in [1.54, 1.807) is 4.68 Å². The van der Waals surface area contributed by atoms with E-state index in [9.17, 15) is 0 Å². The highest BCUT2D eigenvalue weighted by atomic mass is 32.1. The number of fused-ring (bicyclic) bond motifs is 1. The Labute approximate surface area is 147 Å². The molecule has 1 aromatic carbocycles. The van der Waals surface area contributed by atoms with E-state index in [-0.39, 0.29) is 5.95 Å². The van der Waals surface area contributed by atoms with Crippen LogP contribution in [0.15, 0.2) is 29.6 Å². The highest BCUT2D eigenvalue weighted by Gasteiger charge is 2.16. The normalized spacial score (nSPS) is 11.2. The van der Waals surface area contributed by atoms with Crippen LogP contribution in [0.5, 0.6) is 0 Å². The number of nitrogen functional groups attached to an aromatic ring is 3. The average molecular weight is 352 g/mol. The molecule has 0 bridgehead atoms. The Balaban J connectivity index is 1.81. The van der Waals surface area contributed by atoms with E-state index < -0.39 is 0 Å². The minimum absolute atomic E-state index is 0.173. The van der Waals surface area contributed by atoms with Crippen LogP contribution in [0.3, 0.4) is 0 Å². The summed E-state index contributed by atoms with van der Waals surface area (Å²) in [6, 6.07) is 7.71. The third-order valence-corrected chi connectivity index (χ3v) is 4.85. The summed E-state index contributed by atoms with van der Waals surface area (Å²) < 4.78 is 1.71. The van der Waals surface area contributed by atoms with Crippen LogP contribution in [0.4, 0.5) is 17.3 Å². The lowest BCUT2D eigenvalue weighted by Gasteiger charge is -2.06. The van der Waals surface area contributed by atoms with Gasteiger partial charge in [-0.3, -0.25) is 0 Å². The molecule has 0 radical (unpaired) electrons. The summed E-state index contributed by atoms with van der Waals surface area (Å²) in [5.74, 6) is 0.173. The van der Waals surface area contributed by atoms with Crippen LogP contribution in [0.2, 0.25) is 0 Å². The number of rotatable bonds is 3. The Kier molecular flexibility index (Phi) is 3.50. The van der Waals surface area contributed by atoms with E-state index in [0.717, 1.165) is 21.7 Å². The van der Waals surface area contributed by atoms with Crippen molar-refractivity contribution in [3.05, 3.63) is 40.8 Å². The van der Waals surface area contributed by atoms with Crippen molar-refractivity contribution in [1.29, 1.82) is 0 Å². The van der Waals surface area contributed by atoms with Crippen molar-refractivity contribution in [1.82, 2.24) is 25.0 Å². The van der Waals surface area contributed by atoms with Crippen molar-refractivity contribution in [2.75, 3.05) is 17.2 Å². The van der Waals surface area contributed by atoms with Crippen molar-refractivity contribution < 1.29 is 0 Å². The largest absolute Gasteiger partial charge is 0.399 e. The molecule has 0 saturated carbocycles. The smallest absolute Gasteiger partial charge is 0.222 e. The van der Waals surface area contributed by atoms with Gasteiger partial charge in [0, 0.05) is 16.8 Å². The first-order valence-electron chi connectivity index (χ1n) is 7.57. The second kappa shape index (κ2) is 5.71. The number of benzene rings is 1. The maximum Gasteiger partial charge on any atom is 0.222 e. The number of nitrogens with zero attached hydrogens (tertiary/aromatic N) is 5. The van der Waals surface area contributed by atoms with Gasteiger partial charge >= 0.3 is 0 Å². The zero-order valence-electron chi connectivity index (χ0n) is 13.5. The summed E-state index contributed by atoms with van der Waals surface area (Å²) in [6.45, 7) is 2.48. The average Bonchev–Trinajstić information content (AvgIpc) is 3.17. The Hall–Kier alpha value is -3.20. The summed E-state index contributed by atoms with van der Waals surface area (Å²) in [5, 5.41) is 10.3. The van der Waals surface area contributed by atoms with Crippen LogP contribution in [0.1, 0.15) is 11.1 Å². The fraction of sp³-hybridized carbons (Fsp3) is 0.125. The van der Waals surface area contributed by atoms with Gasteiger partial charge in [0.25, 0.3) is 0 Å². The molecule has 25 heavy (non-hydrogen) atoms. The minimum Gasteiger partial charge on any atom is -0.399 e. The van der Waals surface area contributed by atoms with Crippen LogP contribution in [-0.2, 0) is 6.54 Å². The molecule has 126 valence electrons. The lowest BCUT2D eigenvalue weighted by molar-refractivity contribution is 0.664. The molecule has 8 nitrogen and oxygen atoms in total. The standard InChI is InChI=1S/C16H16N8S/c1-8-4-9(2-3-11(8)18)6-24-15-14(22-23-24)13(20-16(19)21-15)12-5-10(17)7-25-12/h2-5,7H,6,17-18H2,1H3,(H2,19,20,21). The van der Waals surface area contributed by atoms with Crippen molar-refractivity contribution in [3.8, 4) is 10.6 Å². The van der Waals surface area contributed by atoms with E-state index in [0.29, 0.717) is 29.1 Å². The molecule has 4 rings (SSSR count). The van der Waals surface area contributed by atoms with Gasteiger partial charge in [0.15, 0.2) is 11.2 Å². The molecule has 4 aromatic rings. The molecule has 0 spiro atoms. The summed E-state index contributed by atoms with van der Waals surface area (Å²) >= 11 is 1.48. The van der Waals surface area contributed by atoms with Gasteiger partial charge in [0.1, 0.15) is 5.69 Å². The number of thiophene rings is 1. The van der Waals surface area contributed by atoms with Gasteiger partial charge in [-0.05, 0) is 30.2 Å². The number of anilines is 3. The lowest BCUT2D eigenvalue weighted by atomic mass is 10.1. The molecule has 0 aliphatic heterocycles. The van der Waals surface area contributed by atoms with Crippen molar-refractivity contribution in [2.24, 2.45) is 0 Å². The second-order valence-corrected chi connectivity index (χ2v) is 6.70. The fourth-order valence-corrected chi connectivity index (χ4v) is 3.42. The van der Waals surface area contributed by atoms with Crippen molar-refractivity contribution in [2.45, 2.75) is 13.5 Å². The molecular formula is C16H16N8S. The lowest BCUT2D eigenvalue weighted by Crippen LogP contribution is -2.05. The summed E-state index contributed by atoms with van der Waals surface area (Å²) in [4.78, 5) is 9.52. The molecule has 0 unspecified atom stereocenters. The van der Waals surface area contributed by atoms with E-state index in [2.05, 4.69) is 20.3 Å². The third-order valence-electron chi connectivity index (χ3n) is 3.90. The number of hydrogen-bond donors (Lipinski definition) is 3. The number of aromatic nitrogens is 5. The predicted octanol–water partition coefficient (Wildman–Crippen LogP) is 2.05. The zero-order chi connectivity index (χ0) is 17.6. The molecule has 0 aliphatic rings. The second-order valence-electron chi connectivity index (χ2n) is 5.78. The molecule has 0 aliphatic carbocycles. The molecule has 6 N–H and O–H groups in total. The molecule has 0 saturated heterocycles. The van der Waals surface area contributed by atoms with Gasteiger partial charge in [-0.15, -0.1) is 16.4 Å². The maximum absolute atomic E-state index is 5.90. The fourth-order valence-electron chi connectivity index (χ4n) is 2.64. The quantitative estimate of drug-likeness (QED) is 0.480. The van der Waals surface area contributed by atoms with Gasteiger partial charge in [0.2, 0.25) is 5.95 Å². The van der Waals surface area contributed by atoms with Crippen LogP contribution in [0, 0.1) is 6.92 Å². The van der Waals surface area contributed by atoms with E-state index in [1.807, 2.05) is 36.6 Å². The molecule has 0 fully saturated rings. The molecule has 0 atom stereocenters. The molecule has 0 amide bonds. The highest BCUT2D eigenvalue weighted by Crippen LogP contribution is 2.31. The van der Waals surface area contributed by atoms with Crippen LogP contribution < -0.4 is 17.2 Å². The van der Waals surface area contributed by atoms with Crippen LogP contribution >= 0.6 is 11.3 Å². The van der Waals surface area contributed by atoms with Gasteiger partial charge in [-0.25, -0.2) is 9.67 Å². The van der Waals surface area contributed by atoms with Gasteiger partial charge < -0.3 is 17.2 Å². The SMILES string of the molecule is Cc1cc(Cn2nnc3c(-c4cc(N)cs4)nc(N)nc32)ccc1N.